The lowest BCUT2D eigenvalue weighted by Gasteiger charge is -2.25. The topological polar surface area (TPSA) is 50.9 Å². The summed E-state index contributed by atoms with van der Waals surface area (Å²) in [6, 6.07) is 0. The zero-order chi connectivity index (χ0) is 10.2. The molecule has 0 aromatic carbocycles. The molecule has 2 unspecified atom stereocenters. The van der Waals surface area contributed by atoms with Crippen molar-refractivity contribution < 1.29 is 5.11 Å². The zero-order valence-corrected chi connectivity index (χ0v) is 9.29. The third-order valence-corrected chi connectivity index (χ3v) is 4.21. The van der Waals surface area contributed by atoms with Crippen LogP contribution in [0.4, 0.5) is 0 Å². The molecule has 1 aromatic rings. The van der Waals surface area contributed by atoms with Gasteiger partial charge in [-0.05, 0) is 11.7 Å². The molecule has 14 heavy (non-hydrogen) atoms. The largest absolute Gasteiger partial charge is 0.388 e. The number of rotatable bonds is 2. The molecule has 5 heteroatoms. The van der Waals surface area contributed by atoms with Crippen molar-refractivity contribution in [2.45, 2.75) is 18.9 Å². The van der Waals surface area contributed by atoms with Gasteiger partial charge in [-0.25, -0.2) is 0 Å². The number of hydrogen-bond acceptors (Lipinski definition) is 4. The Morgan fingerprint density at radius 2 is 2.57 bits per heavy atom. The Bertz CT molecular complexity index is 328. The molecule has 78 valence electrons. The lowest BCUT2D eigenvalue weighted by Crippen LogP contribution is -2.38. The van der Waals surface area contributed by atoms with Crippen LogP contribution in [0.1, 0.15) is 12.6 Å². The summed E-state index contributed by atoms with van der Waals surface area (Å²) in [6.45, 7) is 2.09. The van der Waals surface area contributed by atoms with E-state index in [2.05, 4.69) is 17.1 Å². The average Bonchev–Trinajstić information content (AvgIpc) is 2.62. The van der Waals surface area contributed by atoms with Crippen LogP contribution in [0.3, 0.4) is 0 Å². The number of hydrogen-bond donors (Lipinski definition) is 1. The smallest absolute Gasteiger partial charge is 0.0856 e. The van der Waals surface area contributed by atoms with Crippen LogP contribution < -0.4 is 0 Å². The molecule has 1 saturated heterocycles. The highest BCUT2D eigenvalue weighted by atomic mass is 32.2. The van der Waals surface area contributed by atoms with Crippen LogP contribution in [-0.4, -0.2) is 37.2 Å². The van der Waals surface area contributed by atoms with Gasteiger partial charge in [0, 0.05) is 19.2 Å². The summed E-state index contributed by atoms with van der Waals surface area (Å²) in [5.41, 5.74) is 0.296. The molecule has 1 fully saturated rings. The van der Waals surface area contributed by atoms with Gasteiger partial charge >= 0.3 is 0 Å². The molecule has 0 radical (unpaired) electrons. The molecule has 1 aromatic heterocycles. The number of aromatic nitrogens is 3. The summed E-state index contributed by atoms with van der Waals surface area (Å²) in [6.07, 6.45) is 2.35. The molecule has 1 aliphatic rings. The quantitative estimate of drug-likeness (QED) is 0.776. The number of nitrogens with zero attached hydrogens (tertiary/aromatic N) is 3. The van der Waals surface area contributed by atoms with Crippen molar-refractivity contribution in [2.24, 2.45) is 13.0 Å². The van der Waals surface area contributed by atoms with Gasteiger partial charge in [-0.2, -0.15) is 26.8 Å². The fraction of sp³-hybridized carbons (Fsp3) is 0.778. The number of aryl methyl sites for hydroxylation is 1. The monoisotopic (exact) mass is 213 g/mol. The molecule has 2 atom stereocenters. The van der Waals surface area contributed by atoms with Crippen LogP contribution in [0.15, 0.2) is 6.20 Å². The van der Waals surface area contributed by atoms with Crippen LogP contribution in [0.25, 0.3) is 0 Å². The highest BCUT2D eigenvalue weighted by Gasteiger charge is 2.39. The predicted molar refractivity (Wildman–Crippen MR) is 56.1 cm³/mol. The van der Waals surface area contributed by atoms with Crippen LogP contribution in [0.2, 0.25) is 0 Å². The van der Waals surface area contributed by atoms with E-state index < -0.39 is 5.60 Å². The Labute approximate surface area is 87.7 Å². The maximum absolute atomic E-state index is 10.3. The molecule has 0 amide bonds. The van der Waals surface area contributed by atoms with Crippen molar-refractivity contribution in [2.75, 3.05) is 11.5 Å². The van der Waals surface area contributed by atoms with Gasteiger partial charge in [0.25, 0.3) is 0 Å². The predicted octanol–water partition coefficient (Wildman–Crippen LogP) is 0.472. The first-order valence-corrected chi connectivity index (χ1v) is 5.91. The first-order chi connectivity index (χ1) is 6.60. The standard InChI is InChI=1S/C9H15N3OS/c1-7-5-14-6-9(7,13)3-8-4-10-12(2)11-8/h4,7,13H,3,5-6H2,1-2H3. The average molecular weight is 213 g/mol. The molecule has 1 aliphatic heterocycles. The van der Waals surface area contributed by atoms with Crippen molar-refractivity contribution in [3.63, 3.8) is 0 Å². The normalized spacial score (nSPS) is 32.4. The van der Waals surface area contributed by atoms with Gasteiger partial charge in [0.15, 0.2) is 0 Å². The molecule has 1 N–H and O–H groups in total. The van der Waals surface area contributed by atoms with E-state index in [1.165, 1.54) is 4.80 Å². The molecule has 2 heterocycles. The Morgan fingerprint density at radius 3 is 3.07 bits per heavy atom. The minimum absolute atomic E-state index is 0.342. The van der Waals surface area contributed by atoms with Gasteiger partial charge in [-0.1, -0.05) is 6.92 Å². The summed E-state index contributed by atoms with van der Waals surface area (Å²) in [5.74, 6) is 2.19. The lowest BCUT2D eigenvalue weighted by molar-refractivity contribution is 0.0268. The van der Waals surface area contributed by atoms with Crippen molar-refractivity contribution in [3.05, 3.63) is 11.9 Å². The van der Waals surface area contributed by atoms with Gasteiger partial charge < -0.3 is 5.11 Å². The van der Waals surface area contributed by atoms with Gasteiger partial charge in [-0.15, -0.1) is 0 Å². The Balaban J connectivity index is 2.10. The van der Waals surface area contributed by atoms with Gasteiger partial charge in [0.1, 0.15) is 0 Å². The second-order valence-electron chi connectivity index (χ2n) is 4.02. The molecular formula is C9H15N3OS. The van der Waals surface area contributed by atoms with Gasteiger partial charge in [-0.3, -0.25) is 0 Å². The van der Waals surface area contributed by atoms with E-state index in [1.54, 1.807) is 13.2 Å². The molecule has 4 nitrogen and oxygen atoms in total. The van der Waals surface area contributed by atoms with E-state index in [0.29, 0.717) is 12.3 Å². The van der Waals surface area contributed by atoms with Crippen molar-refractivity contribution >= 4 is 11.8 Å². The third kappa shape index (κ3) is 1.79. The summed E-state index contributed by atoms with van der Waals surface area (Å²) in [4.78, 5) is 1.53. The Kier molecular flexibility index (Phi) is 2.53. The second kappa shape index (κ2) is 3.55. The third-order valence-electron chi connectivity index (χ3n) is 2.77. The van der Waals surface area contributed by atoms with E-state index in [9.17, 15) is 5.11 Å². The highest BCUT2D eigenvalue weighted by molar-refractivity contribution is 7.99. The van der Waals surface area contributed by atoms with Gasteiger partial charge in [0.2, 0.25) is 0 Å². The fourth-order valence-corrected chi connectivity index (χ4v) is 3.24. The molecule has 2 rings (SSSR count). The van der Waals surface area contributed by atoms with Crippen LogP contribution in [-0.2, 0) is 13.5 Å². The van der Waals surface area contributed by atoms with Crippen LogP contribution in [0.5, 0.6) is 0 Å². The minimum atomic E-state index is -0.583. The van der Waals surface area contributed by atoms with E-state index >= 15 is 0 Å². The van der Waals surface area contributed by atoms with E-state index in [0.717, 1.165) is 17.2 Å². The zero-order valence-electron chi connectivity index (χ0n) is 8.47. The van der Waals surface area contributed by atoms with Crippen LogP contribution >= 0.6 is 11.8 Å². The maximum atomic E-state index is 10.3. The highest BCUT2D eigenvalue weighted by Crippen LogP contribution is 2.35. The molecule has 0 saturated carbocycles. The lowest BCUT2D eigenvalue weighted by atomic mass is 9.88. The van der Waals surface area contributed by atoms with Crippen molar-refractivity contribution in [3.8, 4) is 0 Å². The van der Waals surface area contributed by atoms with Crippen molar-refractivity contribution in [1.82, 2.24) is 15.0 Å². The molecular weight excluding hydrogens is 198 g/mol. The van der Waals surface area contributed by atoms with Gasteiger partial charge in [0.05, 0.1) is 17.5 Å². The molecule has 0 spiro atoms. The summed E-state index contributed by atoms with van der Waals surface area (Å²) < 4.78 is 0. The second-order valence-corrected chi connectivity index (χ2v) is 5.05. The molecule has 0 aliphatic carbocycles. The molecule has 0 bridgehead atoms. The van der Waals surface area contributed by atoms with Crippen molar-refractivity contribution in [1.29, 1.82) is 0 Å². The maximum Gasteiger partial charge on any atom is 0.0856 e. The number of aliphatic hydroxyl groups is 1. The number of thioether (sulfide) groups is 1. The Hall–Kier alpha value is -0.550. The summed E-state index contributed by atoms with van der Waals surface area (Å²) in [5, 5.41) is 18.5. The summed E-state index contributed by atoms with van der Waals surface area (Å²) in [7, 11) is 1.79. The fourth-order valence-electron chi connectivity index (χ4n) is 1.72. The Morgan fingerprint density at radius 1 is 1.79 bits per heavy atom. The first-order valence-electron chi connectivity index (χ1n) is 4.75. The summed E-state index contributed by atoms with van der Waals surface area (Å²) >= 11 is 1.81. The first kappa shape index (κ1) is 9.98. The SMILES string of the molecule is CC1CSCC1(O)Cc1cnn(C)n1. The van der Waals surface area contributed by atoms with E-state index in [4.69, 9.17) is 0 Å². The minimum Gasteiger partial charge on any atom is -0.388 e. The van der Waals surface area contributed by atoms with Crippen LogP contribution in [0, 0.1) is 5.92 Å². The van der Waals surface area contributed by atoms with E-state index in [1.807, 2.05) is 11.8 Å². The van der Waals surface area contributed by atoms with E-state index in [-0.39, 0.29) is 0 Å².